The van der Waals surface area contributed by atoms with Crippen molar-refractivity contribution in [2.45, 2.75) is 25.3 Å². The van der Waals surface area contributed by atoms with Crippen molar-refractivity contribution in [3.63, 3.8) is 0 Å². The van der Waals surface area contributed by atoms with Gasteiger partial charge in [-0.2, -0.15) is 0 Å². The molecule has 0 fully saturated rings. The Morgan fingerprint density at radius 3 is 2.71 bits per heavy atom. The van der Waals surface area contributed by atoms with Gasteiger partial charge in [0.05, 0.1) is 6.04 Å². The molecule has 2 N–H and O–H groups in total. The summed E-state index contributed by atoms with van der Waals surface area (Å²) in [7, 11) is 0. The number of aryl methyl sites for hydroxylation is 1. The highest BCUT2D eigenvalue weighted by Gasteiger charge is 2.34. The number of amides is 1. The van der Waals surface area contributed by atoms with Crippen LogP contribution in [-0.4, -0.2) is 27.4 Å². The summed E-state index contributed by atoms with van der Waals surface area (Å²) < 4.78 is 0. The summed E-state index contributed by atoms with van der Waals surface area (Å²) in [6.07, 6.45) is 1.92. The molecule has 1 unspecified atom stereocenters. The number of rotatable bonds is 4. The van der Waals surface area contributed by atoms with E-state index >= 15 is 0 Å². The molecule has 0 saturated heterocycles. The number of halogens is 1. The number of aromatic hydroxyl groups is 1. The Bertz CT molecular complexity index is 1250. The van der Waals surface area contributed by atoms with Crippen LogP contribution in [0.15, 0.2) is 72.8 Å². The molecule has 4 aromatic rings. The molecule has 1 amide bonds. The van der Waals surface area contributed by atoms with Gasteiger partial charge in [-0.3, -0.25) is 4.79 Å². The van der Waals surface area contributed by atoms with Gasteiger partial charge in [-0.05, 0) is 59.9 Å². The lowest BCUT2D eigenvalue weighted by Crippen LogP contribution is -2.40. The number of carbonyl (C=O) groups is 1. The predicted molar refractivity (Wildman–Crippen MR) is 123 cm³/mol. The quantitative estimate of drug-likeness (QED) is 0.440. The molecular weight excluding hydrogens is 408 g/mol. The fraction of sp³-hybridized carbons (Fsp3) is 0.192. The van der Waals surface area contributed by atoms with Crippen molar-refractivity contribution < 1.29 is 9.90 Å². The lowest BCUT2D eigenvalue weighted by atomic mass is 9.91. The molecule has 3 aromatic carbocycles. The minimum Gasteiger partial charge on any atom is -0.508 e. The first-order valence-corrected chi connectivity index (χ1v) is 10.9. The second-order valence-electron chi connectivity index (χ2n) is 8.03. The summed E-state index contributed by atoms with van der Waals surface area (Å²) in [4.78, 5) is 18.8. The molecule has 1 aliphatic rings. The van der Waals surface area contributed by atoms with Gasteiger partial charge in [-0.15, -0.1) is 0 Å². The SMILES string of the molecule is O=C(CCc1ccccc1)N1CCc2c([nH]c3ccc(Cl)cc23)C1c1cccc(O)c1. The summed E-state index contributed by atoms with van der Waals surface area (Å²) in [5.74, 6) is 0.306. The van der Waals surface area contributed by atoms with E-state index in [4.69, 9.17) is 11.6 Å². The highest BCUT2D eigenvalue weighted by atomic mass is 35.5. The maximum absolute atomic E-state index is 13.3. The van der Waals surface area contributed by atoms with Crippen LogP contribution in [0.4, 0.5) is 0 Å². The number of carbonyl (C=O) groups excluding carboxylic acids is 1. The normalized spacial score (nSPS) is 15.8. The Balaban J connectivity index is 1.53. The van der Waals surface area contributed by atoms with Gasteiger partial charge >= 0.3 is 0 Å². The molecule has 156 valence electrons. The number of phenolic OH excluding ortho intramolecular Hbond substituents is 1. The zero-order valence-electron chi connectivity index (χ0n) is 17.0. The number of aromatic nitrogens is 1. The number of fused-ring (bicyclic) bond motifs is 3. The lowest BCUT2D eigenvalue weighted by Gasteiger charge is -2.36. The summed E-state index contributed by atoms with van der Waals surface area (Å²) in [6, 6.07) is 22.8. The monoisotopic (exact) mass is 430 g/mol. The van der Waals surface area contributed by atoms with Crippen molar-refractivity contribution in [1.82, 2.24) is 9.88 Å². The Labute approximate surface area is 186 Å². The van der Waals surface area contributed by atoms with Crippen molar-refractivity contribution in [3.05, 3.63) is 100 Å². The minimum absolute atomic E-state index is 0.111. The zero-order valence-corrected chi connectivity index (χ0v) is 17.8. The third kappa shape index (κ3) is 3.79. The lowest BCUT2D eigenvalue weighted by molar-refractivity contribution is -0.133. The van der Waals surface area contributed by atoms with Crippen LogP contribution in [0.2, 0.25) is 5.02 Å². The largest absolute Gasteiger partial charge is 0.508 e. The van der Waals surface area contributed by atoms with Crippen LogP contribution in [-0.2, 0) is 17.6 Å². The van der Waals surface area contributed by atoms with E-state index in [9.17, 15) is 9.90 Å². The Kier molecular flexibility index (Phi) is 5.16. The van der Waals surface area contributed by atoms with Crippen LogP contribution in [0.5, 0.6) is 5.75 Å². The van der Waals surface area contributed by atoms with E-state index in [1.165, 1.54) is 5.56 Å². The third-order valence-corrected chi connectivity index (χ3v) is 6.30. The van der Waals surface area contributed by atoms with Crippen molar-refractivity contribution >= 4 is 28.4 Å². The molecule has 1 aromatic heterocycles. The number of nitrogens with zero attached hydrogens (tertiary/aromatic N) is 1. The van der Waals surface area contributed by atoms with Gasteiger partial charge in [0.2, 0.25) is 5.91 Å². The Morgan fingerprint density at radius 1 is 1.06 bits per heavy atom. The standard InChI is InChI=1S/C26H23ClN2O2/c27-19-10-11-23-22(16-19)21-13-14-29(24(31)12-9-17-5-2-1-3-6-17)26(25(21)28-23)18-7-4-8-20(30)15-18/h1-8,10-11,15-16,26,28,30H,9,12-14H2. The Morgan fingerprint density at radius 2 is 1.90 bits per heavy atom. The van der Waals surface area contributed by atoms with E-state index in [0.717, 1.165) is 34.1 Å². The first-order chi connectivity index (χ1) is 15.1. The molecule has 0 saturated carbocycles. The van der Waals surface area contributed by atoms with Gasteiger partial charge < -0.3 is 15.0 Å². The van der Waals surface area contributed by atoms with Crippen LogP contribution in [0.25, 0.3) is 10.9 Å². The van der Waals surface area contributed by atoms with Crippen LogP contribution in [0.3, 0.4) is 0 Å². The highest BCUT2D eigenvalue weighted by molar-refractivity contribution is 6.31. The van der Waals surface area contributed by atoms with Crippen molar-refractivity contribution in [2.75, 3.05) is 6.54 Å². The third-order valence-electron chi connectivity index (χ3n) is 6.07. The summed E-state index contributed by atoms with van der Waals surface area (Å²) in [6.45, 7) is 0.625. The topological polar surface area (TPSA) is 56.3 Å². The molecule has 0 bridgehead atoms. The average Bonchev–Trinajstić information content (AvgIpc) is 3.15. The van der Waals surface area contributed by atoms with Crippen LogP contribution in [0.1, 0.15) is 34.8 Å². The molecule has 0 aliphatic carbocycles. The minimum atomic E-state index is -0.273. The van der Waals surface area contributed by atoms with Crippen LogP contribution < -0.4 is 0 Å². The zero-order chi connectivity index (χ0) is 21.4. The molecule has 0 spiro atoms. The van der Waals surface area contributed by atoms with E-state index in [1.54, 1.807) is 12.1 Å². The van der Waals surface area contributed by atoms with Crippen LogP contribution >= 0.6 is 11.6 Å². The fourth-order valence-corrected chi connectivity index (χ4v) is 4.78. The first-order valence-electron chi connectivity index (χ1n) is 10.5. The van der Waals surface area contributed by atoms with E-state index < -0.39 is 0 Å². The number of H-pyrrole nitrogens is 1. The van der Waals surface area contributed by atoms with Gasteiger partial charge in [0, 0.05) is 34.6 Å². The molecule has 1 atom stereocenters. The van der Waals surface area contributed by atoms with Gasteiger partial charge in [0.15, 0.2) is 0 Å². The van der Waals surface area contributed by atoms with E-state index in [2.05, 4.69) is 17.1 Å². The number of hydrogen-bond donors (Lipinski definition) is 2. The highest BCUT2D eigenvalue weighted by Crippen LogP contribution is 2.40. The smallest absolute Gasteiger partial charge is 0.223 e. The number of nitrogens with one attached hydrogen (secondary N) is 1. The first kappa shape index (κ1) is 19.7. The molecule has 1 aliphatic heterocycles. The number of aromatic amines is 1. The molecule has 5 rings (SSSR count). The van der Waals surface area contributed by atoms with Crippen molar-refractivity contribution in [2.24, 2.45) is 0 Å². The molecule has 5 heteroatoms. The van der Waals surface area contributed by atoms with E-state index in [-0.39, 0.29) is 17.7 Å². The van der Waals surface area contributed by atoms with E-state index in [1.807, 2.05) is 53.4 Å². The van der Waals surface area contributed by atoms with Crippen LogP contribution in [0, 0.1) is 0 Å². The maximum atomic E-state index is 13.3. The molecule has 2 heterocycles. The summed E-state index contributed by atoms with van der Waals surface area (Å²) in [5.41, 5.74) is 5.26. The number of hydrogen-bond acceptors (Lipinski definition) is 2. The van der Waals surface area contributed by atoms with Crippen molar-refractivity contribution in [1.29, 1.82) is 0 Å². The molecular formula is C26H23ClN2O2. The molecule has 4 nitrogen and oxygen atoms in total. The van der Waals surface area contributed by atoms with Gasteiger partial charge in [-0.1, -0.05) is 54.1 Å². The van der Waals surface area contributed by atoms with Gasteiger partial charge in [0.25, 0.3) is 0 Å². The Hall–Kier alpha value is -3.24. The summed E-state index contributed by atoms with van der Waals surface area (Å²) >= 11 is 6.26. The van der Waals surface area contributed by atoms with E-state index in [0.29, 0.717) is 24.4 Å². The van der Waals surface area contributed by atoms with Gasteiger partial charge in [-0.25, -0.2) is 0 Å². The summed E-state index contributed by atoms with van der Waals surface area (Å²) in [5, 5.41) is 11.9. The second-order valence-corrected chi connectivity index (χ2v) is 8.46. The number of phenols is 1. The van der Waals surface area contributed by atoms with Crippen molar-refractivity contribution in [3.8, 4) is 5.75 Å². The maximum Gasteiger partial charge on any atom is 0.223 e. The number of benzene rings is 3. The predicted octanol–water partition coefficient (Wildman–Crippen LogP) is 5.63. The van der Waals surface area contributed by atoms with Gasteiger partial charge in [0.1, 0.15) is 5.75 Å². The second kappa shape index (κ2) is 8.12. The molecule has 0 radical (unpaired) electrons. The average molecular weight is 431 g/mol. The molecule has 31 heavy (non-hydrogen) atoms. The fourth-order valence-electron chi connectivity index (χ4n) is 4.61.